The average Bonchev–Trinajstić information content (AvgIpc) is 2.97. The zero-order valence-electron chi connectivity index (χ0n) is 15.9. The second-order valence-corrected chi connectivity index (χ2v) is 7.53. The van der Waals surface area contributed by atoms with Gasteiger partial charge in [0.2, 0.25) is 0 Å². The third kappa shape index (κ3) is 2.88. The highest BCUT2D eigenvalue weighted by Crippen LogP contribution is 2.34. The van der Waals surface area contributed by atoms with Crippen LogP contribution in [0, 0.1) is 0 Å². The number of rotatable bonds is 3. The number of ether oxygens (including phenoxy) is 2. The lowest BCUT2D eigenvalue weighted by atomic mass is 9.90. The largest absolute Gasteiger partial charge is 0.486 e. The summed E-state index contributed by atoms with van der Waals surface area (Å²) in [7, 11) is 0. The van der Waals surface area contributed by atoms with Gasteiger partial charge in [0, 0.05) is 0 Å². The number of fused-ring (bicyclic) bond motifs is 2. The summed E-state index contributed by atoms with van der Waals surface area (Å²) in [5.74, 6) is 0.996. The second kappa shape index (κ2) is 6.51. The van der Waals surface area contributed by atoms with Gasteiger partial charge in [-0.1, -0.05) is 48.5 Å². The zero-order valence-corrected chi connectivity index (χ0v) is 15.9. The molecule has 29 heavy (non-hydrogen) atoms. The number of carbonyl (C=O) groups is 2. The molecule has 0 saturated carbocycles. The van der Waals surface area contributed by atoms with Crippen molar-refractivity contribution in [2.24, 2.45) is 0 Å². The molecule has 1 N–H and O–H groups in total. The number of carbonyl (C=O) groups excluding carboxylic acids is 2. The highest BCUT2D eigenvalue weighted by molar-refractivity contribution is 6.07. The van der Waals surface area contributed by atoms with Crippen LogP contribution in [0.5, 0.6) is 11.5 Å². The summed E-state index contributed by atoms with van der Waals surface area (Å²) in [6.45, 7) is 2.15. The van der Waals surface area contributed by atoms with E-state index in [2.05, 4.69) is 5.32 Å². The molecule has 1 saturated heterocycles. The maximum absolute atomic E-state index is 13.2. The molecule has 0 bridgehead atoms. The van der Waals surface area contributed by atoms with Gasteiger partial charge in [0.05, 0.1) is 6.54 Å². The monoisotopic (exact) mass is 388 g/mol. The molecular formula is C23H20N2O4. The van der Waals surface area contributed by atoms with Crippen molar-refractivity contribution in [3.05, 3.63) is 72.3 Å². The van der Waals surface area contributed by atoms with E-state index in [1.807, 2.05) is 66.7 Å². The summed E-state index contributed by atoms with van der Waals surface area (Å²) < 4.78 is 11.6. The lowest BCUT2D eigenvalue weighted by Crippen LogP contribution is -2.45. The van der Waals surface area contributed by atoms with Gasteiger partial charge in [-0.15, -0.1) is 0 Å². The number of benzene rings is 3. The summed E-state index contributed by atoms with van der Waals surface area (Å²) in [4.78, 5) is 27.1. The van der Waals surface area contributed by atoms with Crippen LogP contribution in [0.4, 0.5) is 4.79 Å². The molecule has 5 rings (SSSR count). The number of nitrogens with zero attached hydrogens (tertiary/aromatic N) is 1. The fraction of sp³-hybridized carbons (Fsp3) is 0.217. The Kier molecular flexibility index (Phi) is 3.94. The minimum Gasteiger partial charge on any atom is -0.486 e. The van der Waals surface area contributed by atoms with E-state index in [0.717, 1.165) is 16.3 Å². The molecule has 146 valence electrons. The Labute approximate surface area is 168 Å². The number of amides is 3. The minimum absolute atomic E-state index is 0.127. The summed E-state index contributed by atoms with van der Waals surface area (Å²) >= 11 is 0. The van der Waals surface area contributed by atoms with E-state index >= 15 is 0 Å². The molecule has 2 aliphatic heterocycles. The fourth-order valence-corrected chi connectivity index (χ4v) is 3.92. The van der Waals surface area contributed by atoms with Crippen LogP contribution >= 0.6 is 0 Å². The molecular weight excluding hydrogens is 368 g/mol. The van der Waals surface area contributed by atoms with Crippen LogP contribution in [0.25, 0.3) is 10.8 Å². The lowest BCUT2D eigenvalue weighted by Gasteiger charge is -2.29. The first-order valence-corrected chi connectivity index (χ1v) is 9.56. The van der Waals surface area contributed by atoms with Gasteiger partial charge in [-0.3, -0.25) is 9.69 Å². The van der Waals surface area contributed by atoms with Crippen LogP contribution in [0.15, 0.2) is 66.7 Å². The van der Waals surface area contributed by atoms with E-state index in [9.17, 15) is 9.59 Å². The van der Waals surface area contributed by atoms with Crippen LogP contribution in [-0.4, -0.2) is 36.1 Å². The quantitative estimate of drug-likeness (QED) is 0.698. The van der Waals surface area contributed by atoms with Crippen LogP contribution in [0.2, 0.25) is 0 Å². The van der Waals surface area contributed by atoms with E-state index in [1.54, 1.807) is 6.92 Å². The van der Waals surface area contributed by atoms with E-state index < -0.39 is 17.7 Å². The van der Waals surface area contributed by atoms with Crippen LogP contribution < -0.4 is 14.8 Å². The number of hydrogen-bond acceptors (Lipinski definition) is 4. The maximum atomic E-state index is 13.2. The average molecular weight is 388 g/mol. The van der Waals surface area contributed by atoms with E-state index in [0.29, 0.717) is 11.5 Å². The molecule has 3 aromatic rings. The van der Waals surface area contributed by atoms with Gasteiger partial charge in [-0.25, -0.2) is 4.79 Å². The molecule has 0 spiro atoms. The third-order valence-electron chi connectivity index (χ3n) is 5.56. The molecule has 2 aliphatic rings. The van der Waals surface area contributed by atoms with Crippen LogP contribution in [-0.2, 0) is 10.3 Å². The van der Waals surface area contributed by atoms with E-state index in [4.69, 9.17) is 9.47 Å². The molecule has 2 heterocycles. The first kappa shape index (κ1) is 17.6. The van der Waals surface area contributed by atoms with Gasteiger partial charge < -0.3 is 14.8 Å². The van der Waals surface area contributed by atoms with Crippen molar-refractivity contribution < 1.29 is 19.1 Å². The third-order valence-corrected chi connectivity index (χ3v) is 5.56. The number of hydrogen-bond donors (Lipinski definition) is 1. The van der Waals surface area contributed by atoms with Gasteiger partial charge in [0.25, 0.3) is 5.91 Å². The Morgan fingerprint density at radius 2 is 1.72 bits per heavy atom. The molecule has 3 aromatic carbocycles. The Bertz CT molecular complexity index is 1130. The molecule has 2 atom stereocenters. The Balaban J connectivity index is 1.39. The SMILES string of the molecule is CC1(c2ccc3ccccc3c2)NC(=O)N(CC2COc3ccccc3O2)C1=O. The summed E-state index contributed by atoms with van der Waals surface area (Å²) in [6.07, 6.45) is -0.418. The standard InChI is InChI=1S/C23H20N2O4/c1-23(17-11-10-15-6-2-3-7-16(15)12-17)21(26)25(22(27)24-23)13-18-14-28-19-8-4-5-9-20(19)29-18/h2-12,18H,13-14H2,1H3,(H,24,27). The Morgan fingerprint density at radius 3 is 2.55 bits per heavy atom. The molecule has 6 heteroatoms. The van der Waals surface area contributed by atoms with E-state index in [1.165, 1.54) is 4.90 Å². The summed E-state index contributed by atoms with van der Waals surface area (Å²) in [5, 5.41) is 4.96. The van der Waals surface area contributed by atoms with Crippen molar-refractivity contribution in [3.63, 3.8) is 0 Å². The summed E-state index contributed by atoms with van der Waals surface area (Å²) in [6, 6.07) is 20.7. The predicted octanol–water partition coefficient (Wildman–Crippen LogP) is 3.45. The molecule has 0 aliphatic carbocycles. The van der Waals surface area contributed by atoms with Crippen LogP contribution in [0.1, 0.15) is 12.5 Å². The topological polar surface area (TPSA) is 67.9 Å². The van der Waals surface area contributed by atoms with E-state index in [-0.39, 0.29) is 19.1 Å². The van der Waals surface area contributed by atoms with Crippen molar-refractivity contribution in [2.45, 2.75) is 18.6 Å². The number of urea groups is 1. The minimum atomic E-state index is -1.12. The van der Waals surface area contributed by atoms with Gasteiger partial charge in [-0.2, -0.15) is 0 Å². The Morgan fingerprint density at radius 1 is 1.00 bits per heavy atom. The van der Waals surface area contributed by atoms with Crippen molar-refractivity contribution in [1.82, 2.24) is 10.2 Å². The second-order valence-electron chi connectivity index (χ2n) is 7.53. The summed E-state index contributed by atoms with van der Waals surface area (Å²) in [5.41, 5.74) is -0.364. The highest BCUT2D eigenvalue weighted by Gasteiger charge is 2.49. The molecule has 2 unspecified atom stereocenters. The molecule has 1 fully saturated rings. The molecule has 3 amide bonds. The van der Waals surface area contributed by atoms with Gasteiger partial charge in [0.15, 0.2) is 17.6 Å². The molecule has 0 radical (unpaired) electrons. The van der Waals surface area contributed by atoms with Gasteiger partial charge in [-0.05, 0) is 41.5 Å². The van der Waals surface area contributed by atoms with Crippen LogP contribution in [0.3, 0.4) is 0 Å². The van der Waals surface area contributed by atoms with Crippen molar-refractivity contribution in [2.75, 3.05) is 13.2 Å². The number of nitrogens with one attached hydrogen (secondary N) is 1. The number of para-hydroxylation sites is 2. The lowest BCUT2D eigenvalue weighted by molar-refractivity contribution is -0.132. The first-order valence-electron chi connectivity index (χ1n) is 9.56. The smallest absolute Gasteiger partial charge is 0.325 e. The van der Waals surface area contributed by atoms with Gasteiger partial charge >= 0.3 is 6.03 Å². The zero-order chi connectivity index (χ0) is 20.0. The predicted molar refractivity (Wildman–Crippen MR) is 108 cm³/mol. The molecule has 6 nitrogen and oxygen atoms in total. The van der Waals surface area contributed by atoms with Crippen molar-refractivity contribution in [3.8, 4) is 11.5 Å². The van der Waals surface area contributed by atoms with Gasteiger partial charge in [0.1, 0.15) is 12.1 Å². The first-order chi connectivity index (χ1) is 14.0. The van der Waals surface area contributed by atoms with Crippen molar-refractivity contribution in [1.29, 1.82) is 0 Å². The maximum Gasteiger partial charge on any atom is 0.325 e. The van der Waals surface area contributed by atoms with Crippen molar-refractivity contribution >= 4 is 22.7 Å². The normalized spacial score (nSPS) is 23.3. The molecule has 0 aromatic heterocycles. The Hall–Kier alpha value is -3.54. The number of imide groups is 1. The highest BCUT2D eigenvalue weighted by atomic mass is 16.6. The fourth-order valence-electron chi connectivity index (χ4n) is 3.92.